The predicted octanol–water partition coefficient (Wildman–Crippen LogP) is 13.0. The van der Waals surface area contributed by atoms with Gasteiger partial charge in [-0.3, -0.25) is 4.79 Å². The molecule has 348 valence electrons. The minimum absolute atomic E-state index is 0.0968. The number of hydrogen-bond donors (Lipinski definition) is 1. The molecule has 14 heteroatoms. The maximum absolute atomic E-state index is 12.8. The molecule has 0 aliphatic heterocycles. The second kappa shape index (κ2) is 25.3. The number of nitrogens with one attached hydrogen (secondary N) is 1. The molecular weight excluding hydrogens is 814 g/mol. The zero-order valence-electron chi connectivity index (χ0n) is 42.5. The van der Waals surface area contributed by atoms with E-state index in [2.05, 4.69) is 172 Å². The van der Waals surface area contributed by atoms with Gasteiger partial charge in [0.15, 0.2) is 38.5 Å². The third-order valence-corrected chi connectivity index (χ3v) is 29.9. The number of carbonyl (C=O) groups excluding carboxylic acids is 1. The van der Waals surface area contributed by atoms with Crippen molar-refractivity contribution in [3.05, 3.63) is 0 Å². The zero-order valence-corrected chi connectivity index (χ0v) is 47.2. The number of unbranched alkanes of at least 4 members (excludes halogenated alkanes) is 2. The lowest BCUT2D eigenvalue weighted by Gasteiger charge is -2.46. The Hall–Kier alpha value is 0.781. The van der Waals surface area contributed by atoms with E-state index in [0.29, 0.717) is 69.6 Å². The van der Waals surface area contributed by atoms with Gasteiger partial charge < -0.3 is 27.9 Å². The van der Waals surface area contributed by atoms with Crippen molar-refractivity contribution >= 4 is 50.3 Å². The van der Waals surface area contributed by atoms with Crippen LogP contribution in [0.3, 0.4) is 0 Å². The molecule has 0 aromatic carbocycles. The average molecular weight is 913 g/mol. The lowest BCUT2D eigenvalue weighted by atomic mass is 10.0. The Morgan fingerprint density at radius 2 is 0.966 bits per heavy atom. The first-order chi connectivity index (χ1) is 26.1. The number of carbonyl (C=O) groups is 1. The van der Waals surface area contributed by atoms with Crippen LogP contribution in [-0.2, 0) is 27.3 Å². The maximum Gasteiger partial charge on any atom is 0.192 e. The summed E-state index contributed by atoms with van der Waals surface area (Å²) in [5.41, 5.74) is -0.471. The van der Waals surface area contributed by atoms with Gasteiger partial charge in [0.05, 0.1) is 37.9 Å². The molecule has 58 heavy (non-hydrogen) atoms. The van der Waals surface area contributed by atoms with Crippen LogP contribution in [-0.4, -0.2) is 115 Å². The highest BCUT2D eigenvalue weighted by atomic mass is 32.2. The van der Waals surface area contributed by atoms with Gasteiger partial charge in [0.1, 0.15) is 0 Å². The van der Waals surface area contributed by atoms with Crippen LogP contribution < -0.4 is 5.32 Å². The van der Waals surface area contributed by atoms with E-state index in [1.54, 1.807) is 0 Å². The topological polar surface area (TPSA) is 81.7 Å². The fraction of sp³-hybridized carbons (Fsp3) is 0.977. The van der Waals surface area contributed by atoms with E-state index in [9.17, 15) is 4.79 Å². The third-order valence-electron chi connectivity index (χ3n) is 12.6. The van der Waals surface area contributed by atoms with Crippen molar-refractivity contribution < 1.29 is 27.3 Å². The Labute approximate surface area is 370 Å². The van der Waals surface area contributed by atoms with Gasteiger partial charge in [-0.05, 0) is 136 Å². The first kappa shape index (κ1) is 58.8. The van der Waals surface area contributed by atoms with Crippen molar-refractivity contribution in [3.8, 4) is 0 Å². The van der Waals surface area contributed by atoms with Crippen LogP contribution in [0.2, 0.25) is 54.4 Å². The van der Waals surface area contributed by atoms with Crippen LogP contribution in [0.1, 0.15) is 150 Å². The summed E-state index contributed by atoms with van der Waals surface area (Å²) < 4.78 is 38.5. The van der Waals surface area contributed by atoms with Crippen LogP contribution in [0.4, 0.5) is 0 Å². The van der Waals surface area contributed by atoms with Crippen LogP contribution in [0.15, 0.2) is 0 Å². The maximum atomic E-state index is 12.8. The van der Waals surface area contributed by atoms with Crippen LogP contribution in [0.5, 0.6) is 0 Å². The Morgan fingerprint density at radius 1 is 0.586 bits per heavy atom. The first-order valence-corrected chi connectivity index (χ1v) is 33.4. The van der Waals surface area contributed by atoms with E-state index in [1.165, 1.54) is 11.8 Å². The van der Waals surface area contributed by atoms with Gasteiger partial charge in [0, 0.05) is 37.2 Å². The second-order valence-electron chi connectivity index (χ2n) is 22.3. The van der Waals surface area contributed by atoms with Gasteiger partial charge in [-0.1, -0.05) is 80.5 Å². The van der Waals surface area contributed by atoms with Gasteiger partial charge in [0.2, 0.25) is 0 Å². The van der Waals surface area contributed by atoms with Crippen molar-refractivity contribution in [1.82, 2.24) is 14.7 Å². The fourth-order valence-electron chi connectivity index (χ4n) is 5.59. The molecule has 0 heterocycles. The normalized spacial score (nSPS) is 14.5. The molecule has 0 saturated heterocycles. The molecule has 0 amide bonds. The first-order valence-electron chi connectivity index (χ1n) is 22.5. The highest BCUT2D eigenvalue weighted by molar-refractivity contribution is 8.13. The highest BCUT2D eigenvalue weighted by Crippen LogP contribution is 2.51. The quantitative estimate of drug-likeness (QED) is 0.0339. The molecule has 1 N–H and O–H groups in total. The number of ether oxygens (including phenoxy) is 1. The molecule has 0 radical (unpaired) electrons. The van der Waals surface area contributed by atoms with Crippen molar-refractivity contribution in [2.45, 2.75) is 234 Å². The van der Waals surface area contributed by atoms with Crippen molar-refractivity contribution in [3.63, 3.8) is 0 Å². The van der Waals surface area contributed by atoms with E-state index in [4.69, 9.17) is 22.5 Å². The Morgan fingerprint density at radius 3 is 1.31 bits per heavy atom. The Balaban J connectivity index is 5.36. The third kappa shape index (κ3) is 20.5. The Bertz CT molecular complexity index is 1050. The molecule has 0 aliphatic carbocycles. The van der Waals surface area contributed by atoms with E-state index in [0.717, 1.165) is 32.2 Å². The molecule has 9 nitrogen and oxygen atoms in total. The number of nitrogens with zero attached hydrogens (tertiary/aromatic N) is 2. The molecule has 0 atom stereocenters. The summed E-state index contributed by atoms with van der Waals surface area (Å²) in [5, 5.41) is 4.45. The standard InChI is InChI=1S/C44H98N3O6PSSi3/c1-36(2)46(37(3)4)54(47(38(5)6)39(7)8)50-31-27-30-49-35-55-40(48)28-25-24-26-29-45-44(32-51-56(18,19)41(9,10)11,33-52-57(20,21)42(12,13)14)34-53-58(22,23)43(15,16)17/h36-39,45H,24-35H2,1-23H3. The molecule has 0 saturated carbocycles. The average Bonchev–Trinajstić information content (AvgIpc) is 3.04. The molecule has 0 aliphatic rings. The fourth-order valence-corrected chi connectivity index (χ4v) is 11.8. The molecular formula is C44H98N3O6PSSi3. The molecule has 0 unspecified atom stereocenters. The minimum Gasteiger partial charge on any atom is -0.415 e. The van der Waals surface area contributed by atoms with Crippen LogP contribution in [0, 0.1) is 0 Å². The van der Waals surface area contributed by atoms with E-state index in [1.807, 2.05) is 0 Å². The van der Waals surface area contributed by atoms with E-state index < -0.39 is 38.9 Å². The summed E-state index contributed by atoms with van der Waals surface area (Å²) in [4.78, 5) is 12.8. The van der Waals surface area contributed by atoms with Crippen LogP contribution in [0.25, 0.3) is 0 Å². The smallest absolute Gasteiger partial charge is 0.192 e. The highest BCUT2D eigenvalue weighted by Gasteiger charge is 2.46. The predicted molar refractivity (Wildman–Crippen MR) is 264 cm³/mol. The van der Waals surface area contributed by atoms with Crippen molar-refractivity contribution in [2.24, 2.45) is 0 Å². The molecule has 0 rings (SSSR count). The van der Waals surface area contributed by atoms with Gasteiger partial charge >= 0.3 is 0 Å². The van der Waals surface area contributed by atoms with Gasteiger partial charge in [-0.2, -0.15) is 0 Å². The largest absolute Gasteiger partial charge is 0.415 e. The van der Waals surface area contributed by atoms with Crippen LogP contribution >= 0.6 is 20.2 Å². The molecule has 0 bridgehead atoms. The molecule has 0 fully saturated rings. The van der Waals surface area contributed by atoms with Gasteiger partial charge in [-0.15, -0.1) is 0 Å². The summed E-state index contributed by atoms with van der Waals surface area (Å²) in [6.45, 7) is 56.4. The SMILES string of the molecule is CC(C)N(C(C)C)P(OCCCOCSC(=O)CCCCCNC(CO[Si](C)(C)C(C)(C)C)(CO[Si](C)(C)C(C)(C)C)CO[Si](C)(C)C(C)(C)C)N(C(C)C)C(C)C. The summed E-state index contributed by atoms with van der Waals surface area (Å²) in [7, 11) is -7.04. The lowest BCUT2D eigenvalue weighted by molar-refractivity contribution is -0.111. The monoisotopic (exact) mass is 912 g/mol. The van der Waals surface area contributed by atoms with Gasteiger partial charge in [-0.25, -0.2) is 9.34 Å². The van der Waals surface area contributed by atoms with Crippen molar-refractivity contribution in [2.75, 3.05) is 45.5 Å². The Kier molecular flexibility index (Phi) is 25.7. The molecule has 0 aromatic heterocycles. The van der Waals surface area contributed by atoms with E-state index >= 15 is 0 Å². The summed E-state index contributed by atoms with van der Waals surface area (Å²) >= 11 is 1.30. The number of rotatable bonds is 29. The zero-order chi connectivity index (χ0) is 45.6. The summed E-state index contributed by atoms with van der Waals surface area (Å²) in [6, 6.07) is 1.56. The molecule has 0 aromatic rings. The summed E-state index contributed by atoms with van der Waals surface area (Å²) in [5.74, 6) is 0.391. The lowest BCUT2D eigenvalue weighted by Crippen LogP contribution is -2.62. The summed E-state index contributed by atoms with van der Waals surface area (Å²) in [6.07, 6.45) is 4.17. The van der Waals surface area contributed by atoms with E-state index in [-0.39, 0.29) is 20.2 Å². The molecule has 0 spiro atoms. The minimum atomic E-state index is -2.05. The van der Waals surface area contributed by atoms with Gasteiger partial charge in [0.25, 0.3) is 0 Å². The van der Waals surface area contributed by atoms with Crippen molar-refractivity contribution in [1.29, 1.82) is 0 Å². The number of hydrogen-bond acceptors (Lipinski definition) is 10. The number of thioether (sulfide) groups is 1. The second-order valence-corrected chi connectivity index (χ2v) is 39.4.